The molecule has 6 rings (SSSR count). The van der Waals surface area contributed by atoms with E-state index in [1.165, 1.54) is 36.1 Å². The predicted octanol–water partition coefficient (Wildman–Crippen LogP) is 4.50. The third kappa shape index (κ3) is 5.14. The minimum Gasteiger partial charge on any atom is -0.353 e. The number of hydrogen-bond acceptors (Lipinski definition) is 8. The van der Waals surface area contributed by atoms with Gasteiger partial charge in [0.1, 0.15) is 11.6 Å². The van der Waals surface area contributed by atoms with Gasteiger partial charge in [-0.2, -0.15) is 5.10 Å². The number of rotatable bonds is 7. The standard InChI is InChI=1S/C29H34N8S/c1-35-27(18-36-9-3-2-4-10-36)25(15-33-35)20-5-6-22-14-32-28(12-23(22)11-20)34-26(19-38)21-7-8-31-29(13-21)37-16-24(30)17-37/h5-8,11-15,19,24,38H,2-4,9-10,16-18,30H2,1H3,(H,32,34)/b26-19+. The summed E-state index contributed by atoms with van der Waals surface area (Å²) in [6.45, 7) is 4.91. The Hall–Kier alpha value is -3.40. The van der Waals surface area contributed by atoms with Gasteiger partial charge in [-0.15, -0.1) is 12.6 Å². The molecule has 0 radical (unpaired) electrons. The first-order valence-electron chi connectivity index (χ1n) is 13.3. The molecule has 3 N–H and O–H groups in total. The quantitative estimate of drug-likeness (QED) is 0.306. The zero-order valence-electron chi connectivity index (χ0n) is 21.7. The molecule has 5 heterocycles. The second-order valence-electron chi connectivity index (χ2n) is 10.3. The van der Waals surface area contributed by atoms with Gasteiger partial charge in [0.15, 0.2) is 0 Å². The van der Waals surface area contributed by atoms with Gasteiger partial charge in [-0.3, -0.25) is 9.58 Å². The molecule has 2 fully saturated rings. The topological polar surface area (TPSA) is 88.1 Å². The summed E-state index contributed by atoms with van der Waals surface area (Å²) in [4.78, 5) is 13.9. The van der Waals surface area contributed by atoms with Crippen LogP contribution < -0.4 is 16.0 Å². The van der Waals surface area contributed by atoms with E-state index < -0.39 is 0 Å². The van der Waals surface area contributed by atoms with E-state index in [-0.39, 0.29) is 6.04 Å². The van der Waals surface area contributed by atoms with Gasteiger partial charge < -0.3 is 16.0 Å². The molecule has 196 valence electrons. The number of likely N-dealkylation sites (tertiary alicyclic amines) is 1. The van der Waals surface area contributed by atoms with Gasteiger partial charge in [-0.1, -0.05) is 18.6 Å². The van der Waals surface area contributed by atoms with Crippen LogP contribution in [0.3, 0.4) is 0 Å². The van der Waals surface area contributed by atoms with Crippen LogP contribution in [0.2, 0.25) is 0 Å². The minimum atomic E-state index is 0.220. The molecule has 1 aromatic carbocycles. The number of anilines is 2. The number of aryl methyl sites for hydroxylation is 1. The number of nitrogens with one attached hydrogen (secondary N) is 1. The summed E-state index contributed by atoms with van der Waals surface area (Å²) in [5.41, 5.74) is 11.4. The van der Waals surface area contributed by atoms with E-state index in [1.807, 2.05) is 36.4 Å². The van der Waals surface area contributed by atoms with E-state index in [1.54, 1.807) is 5.41 Å². The summed E-state index contributed by atoms with van der Waals surface area (Å²) < 4.78 is 2.02. The second-order valence-corrected chi connectivity index (χ2v) is 10.6. The zero-order valence-corrected chi connectivity index (χ0v) is 22.6. The van der Waals surface area contributed by atoms with Crippen molar-refractivity contribution in [1.29, 1.82) is 0 Å². The lowest BCUT2D eigenvalue weighted by Crippen LogP contribution is -2.56. The van der Waals surface area contributed by atoms with E-state index in [4.69, 9.17) is 5.73 Å². The largest absolute Gasteiger partial charge is 0.353 e. The van der Waals surface area contributed by atoms with Gasteiger partial charge in [0.05, 0.1) is 17.6 Å². The van der Waals surface area contributed by atoms with Crippen molar-refractivity contribution in [3.63, 3.8) is 0 Å². The van der Waals surface area contributed by atoms with E-state index in [2.05, 4.69) is 73.1 Å². The van der Waals surface area contributed by atoms with Gasteiger partial charge in [0.25, 0.3) is 0 Å². The maximum atomic E-state index is 5.96. The molecular formula is C29H34N8S. The SMILES string of the molecule is Cn1ncc(-c2ccc3cnc(N/C(=C/S)c4ccnc(N5CC(N)C5)c4)cc3c2)c1CN1CCCCC1. The van der Waals surface area contributed by atoms with Crippen molar-refractivity contribution in [3.05, 3.63) is 71.7 Å². The van der Waals surface area contributed by atoms with Crippen molar-refractivity contribution < 1.29 is 0 Å². The Bertz CT molecular complexity index is 1470. The Morgan fingerprint density at radius 1 is 1.05 bits per heavy atom. The van der Waals surface area contributed by atoms with Gasteiger partial charge in [0.2, 0.25) is 0 Å². The van der Waals surface area contributed by atoms with Gasteiger partial charge in [0, 0.05) is 61.6 Å². The van der Waals surface area contributed by atoms with E-state index in [0.29, 0.717) is 0 Å². The van der Waals surface area contributed by atoms with E-state index >= 15 is 0 Å². The predicted molar refractivity (Wildman–Crippen MR) is 158 cm³/mol. The fourth-order valence-corrected chi connectivity index (χ4v) is 5.59. The van der Waals surface area contributed by atoms with Crippen LogP contribution in [-0.2, 0) is 13.6 Å². The first kappa shape index (κ1) is 24.9. The van der Waals surface area contributed by atoms with E-state index in [0.717, 1.165) is 66.4 Å². The highest BCUT2D eigenvalue weighted by molar-refractivity contribution is 7.83. The Balaban J connectivity index is 1.25. The number of nitrogens with two attached hydrogens (primary N) is 1. The molecule has 4 aromatic rings. The van der Waals surface area contributed by atoms with Crippen molar-refractivity contribution in [2.45, 2.75) is 31.8 Å². The Labute approximate surface area is 229 Å². The molecule has 38 heavy (non-hydrogen) atoms. The number of nitrogens with zero attached hydrogens (tertiary/aromatic N) is 6. The number of thiol groups is 1. The molecule has 0 amide bonds. The number of benzene rings is 1. The van der Waals surface area contributed by atoms with Crippen LogP contribution in [0.25, 0.3) is 27.6 Å². The maximum absolute atomic E-state index is 5.96. The molecule has 0 atom stereocenters. The molecule has 2 aliphatic heterocycles. The second kappa shape index (κ2) is 10.8. The van der Waals surface area contributed by atoms with Gasteiger partial charge >= 0.3 is 0 Å². The first-order valence-corrected chi connectivity index (χ1v) is 13.8. The summed E-state index contributed by atoms with van der Waals surface area (Å²) >= 11 is 4.48. The van der Waals surface area contributed by atoms with Crippen LogP contribution >= 0.6 is 12.6 Å². The van der Waals surface area contributed by atoms with Crippen molar-refractivity contribution in [2.24, 2.45) is 12.8 Å². The van der Waals surface area contributed by atoms with Crippen LogP contribution in [-0.4, -0.2) is 56.9 Å². The highest BCUT2D eigenvalue weighted by Crippen LogP contribution is 2.30. The molecule has 0 bridgehead atoms. The fourth-order valence-electron chi connectivity index (χ4n) is 5.37. The summed E-state index contributed by atoms with van der Waals surface area (Å²) in [5, 5.41) is 12.1. The third-order valence-corrected chi connectivity index (χ3v) is 7.86. The number of pyridine rings is 2. The highest BCUT2D eigenvalue weighted by atomic mass is 32.1. The zero-order chi connectivity index (χ0) is 26.1. The molecule has 9 heteroatoms. The monoisotopic (exact) mass is 526 g/mol. The van der Waals surface area contributed by atoms with Crippen molar-refractivity contribution in [2.75, 3.05) is 36.4 Å². The maximum Gasteiger partial charge on any atom is 0.130 e. The smallest absolute Gasteiger partial charge is 0.130 e. The number of aromatic nitrogens is 4. The van der Waals surface area contributed by atoms with E-state index in [9.17, 15) is 0 Å². The number of piperidine rings is 1. The average Bonchev–Trinajstić information content (AvgIpc) is 3.29. The Morgan fingerprint density at radius 3 is 2.68 bits per heavy atom. The molecule has 3 aromatic heterocycles. The lowest BCUT2D eigenvalue weighted by molar-refractivity contribution is 0.216. The van der Waals surface area contributed by atoms with Gasteiger partial charge in [-0.25, -0.2) is 9.97 Å². The summed E-state index contributed by atoms with van der Waals surface area (Å²) in [5.74, 6) is 1.69. The Kier molecular flexibility index (Phi) is 7.06. The summed E-state index contributed by atoms with van der Waals surface area (Å²) in [7, 11) is 2.04. The lowest BCUT2D eigenvalue weighted by Gasteiger charge is -2.37. The average molecular weight is 527 g/mol. The van der Waals surface area contributed by atoms with Gasteiger partial charge in [-0.05, 0) is 66.6 Å². The summed E-state index contributed by atoms with van der Waals surface area (Å²) in [6, 6.07) is 12.9. The molecule has 8 nitrogen and oxygen atoms in total. The summed E-state index contributed by atoms with van der Waals surface area (Å²) in [6.07, 6.45) is 9.62. The van der Waals surface area contributed by atoms with Crippen molar-refractivity contribution >= 4 is 40.7 Å². The van der Waals surface area contributed by atoms with Crippen molar-refractivity contribution in [3.8, 4) is 11.1 Å². The lowest BCUT2D eigenvalue weighted by atomic mass is 10.0. The molecule has 0 spiro atoms. The number of fused-ring (bicyclic) bond motifs is 1. The fraction of sp³-hybridized carbons (Fsp3) is 0.345. The van der Waals surface area contributed by atoms with Crippen LogP contribution in [0.4, 0.5) is 11.6 Å². The van der Waals surface area contributed by atoms with Crippen LogP contribution in [0.5, 0.6) is 0 Å². The van der Waals surface area contributed by atoms with Crippen molar-refractivity contribution in [1.82, 2.24) is 24.6 Å². The highest BCUT2D eigenvalue weighted by Gasteiger charge is 2.24. The third-order valence-electron chi connectivity index (χ3n) is 7.60. The van der Waals surface area contributed by atoms with Crippen LogP contribution in [0, 0.1) is 0 Å². The molecule has 0 unspecified atom stereocenters. The molecular weight excluding hydrogens is 492 g/mol. The molecule has 2 aliphatic rings. The molecule has 0 aliphatic carbocycles. The Morgan fingerprint density at radius 2 is 1.89 bits per heavy atom. The van der Waals surface area contributed by atoms with Crippen LogP contribution in [0.15, 0.2) is 60.4 Å². The first-order chi connectivity index (χ1) is 18.6. The molecule has 2 saturated heterocycles. The van der Waals surface area contributed by atoms with Crippen LogP contribution in [0.1, 0.15) is 30.5 Å². The molecule has 0 saturated carbocycles. The normalized spacial score (nSPS) is 17.1. The number of hydrogen-bond donors (Lipinski definition) is 3. The minimum absolute atomic E-state index is 0.220.